The molecule has 2 heterocycles. The van der Waals surface area contributed by atoms with Gasteiger partial charge in [0.05, 0.1) is 0 Å². The van der Waals surface area contributed by atoms with Crippen LogP contribution >= 0.6 is 0 Å². The summed E-state index contributed by atoms with van der Waals surface area (Å²) >= 11 is 0. The van der Waals surface area contributed by atoms with E-state index in [4.69, 9.17) is 0 Å². The molecule has 1 fully saturated rings. The Morgan fingerprint density at radius 1 is 0.913 bits per heavy atom. The minimum Gasteiger partial charge on any atom is -0.307 e. The highest BCUT2D eigenvalue weighted by Gasteiger charge is 2.49. The van der Waals surface area contributed by atoms with Gasteiger partial charge in [-0.25, -0.2) is 4.79 Å². The minimum atomic E-state index is -0.579. The summed E-state index contributed by atoms with van der Waals surface area (Å²) in [5.74, 6) is -0.989. The molecule has 1 saturated heterocycles. The summed E-state index contributed by atoms with van der Waals surface area (Å²) in [5, 5.41) is 0. The first-order chi connectivity index (χ1) is 11.2. The number of hydrogen-bond donors (Lipinski definition) is 0. The Hall–Kier alpha value is -2.95. The monoisotopic (exact) mass is 306 g/mol. The lowest BCUT2D eigenvalue weighted by molar-refractivity contribution is -0.126. The van der Waals surface area contributed by atoms with E-state index < -0.39 is 23.9 Å². The van der Waals surface area contributed by atoms with Crippen LogP contribution in [0.4, 0.5) is 4.79 Å². The van der Waals surface area contributed by atoms with Gasteiger partial charge >= 0.3 is 6.03 Å². The van der Waals surface area contributed by atoms with E-state index in [-0.39, 0.29) is 0 Å². The fourth-order valence-corrected chi connectivity index (χ4v) is 3.21. The highest BCUT2D eigenvalue weighted by molar-refractivity contribution is 6.20. The van der Waals surface area contributed by atoms with Crippen molar-refractivity contribution in [2.75, 3.05) is 0 Å². The number of carbonyl (C=O) groups excluding carboxylic acids is 3. The summed E-state index contributed by atoms with van der Waals surface area (Å²) in [5.41, 5.74) is 2.43. The second-order valence-corrected chi connectivity index (χ2v) is 5.74. The maximum atomic E-state index is 12.6. The quantitative estimate of drug-likeness (QED) is 0.599. The Kier molecular flexibility index (Phi) is 3.01. The largest absolute Gasteiger partial charge is 0.334 e. The van der Waals surface area contributed by atoms with E-state index in [9.17, 15) is 14.4 Å². The van der Waals surface area contributed by atoms with E-state index in [1.54, 1.807) is 30.3 Å². The van der Waals surface area contributed by atoms with Gasteiger partial charge in [0.25, 0.3) is 11.8 Å². The van der Waals surface area contributed by atoms with E-state index >= 15 is 0 Å². The number of fused-ring (bicyclic) bond motifs is 2. The van der Waals surface area contributed by atoms with Gasteiger partial charge in [-0.2, -0.15) is 4.90 Å². The Morgan fingerprint density at radius 2 is 1.57 bits per heavy atom. The fourth-order valence-electron chi connectivity index (χ4n) is 3.21. The molecule has 0 aliphatic carbocycles. The number of imide groups is 3. The van der Waals surface area contributed by atoms with Gasteiger partial charge in [0.15, 0.2) is 0 Å². The van der Waals surface area contributed by atoms with Gasteiger partial charge in [-0.05, 0) is 23.3 Å². The smallest absolute Gasteiger partial charge is 0.307 e. The average Bonchev–Trinajstić information content (AvgIpc) is 2.84. The van der Waals surface area contributed by atoms with Gasteiger partial charge in [-0.15, -0.1) is 0 Å². The van der Waals surface area contributed by atoms with Crippen LogP contribution in [0.2, 0.25) is 0 Å². The lowest BCUT2D eigenvalue weighted by atomic mass is 9.95. The van der Waals surface area contributed by atoms with Crippen LogP contribution in [0.15, 0.2) is 54.6 Å². The van der Waals surface area contributed by atoms with E-state index in [1.807, 2.05) is 24.3 Å². The third kappa shape index (κ3) is 2.04. The zero-order valence-corrected chi connectivity index (χ0v) is 12.3. The molecule has 23 heavy (non-hydrogen) atoms. The third-order valence-corrected chi connectivity index (χ3v) is 4.41. The molecule has 114 valence electrons. The van der Waals surface area contributed by atoms with Crippen molar-refractivity contribution >= 4 is 17.8 Å². The minimum absolute atomic E-state index is 0.339. The Bertz CT molecular complexity index is 773. The van der Waals surface area contributed by atoms with Crippen molar-refractivity contribution < 1.29 is 14.4 Å². The standard InChI is InChI=1S/C18H14N2O3/c21-16(12-6-2-1-3-7-12)20-17(22)15-10-13-8-4-5-9-14(13)11-19(15)18(20)23/h1-9,15H,10-11H2. The maximum Gasteiger partial charge on any atom is 0.334 e. The van der Waals surface area contributed by atoms with Gasteiger partial charge in [-0.3, -0.25) is 9.59 Å². The van der Waals surface area contributed by atoms with E-state index in [2.05, 4.69) is 0 Å². The van der Waals surface area contributed by atoms with Crippen molar-refractivity contribution in [3.63, 3.8) is 0 Å². The molecular weight excluding hydrogens is 292 g/mol. The number of amides is 4. The van der Waals surface area contributed by atoms with Crippen LogP contribution in [0.3, 0.4) is 0 Å². The number of hydrogen-bond acceptors (Lipinski definition) is 3. The van der Waals surface area contributed by atoms with Crippen LogP contribution in [-0.2, 0) is 17.8 Å². The van der Waals surface area contributed by atoms with Crippen LogP contribution in [0.1, 0.15) is 21.5 Å². The van der Waals surface area contributed by atoms with Gasteiger partial charge < -0.3 is 4.90 Å². The second-order valence-electron chi connectivity index (χ2n) is 5.74. The van der Waals surface area contributed by atoms with Crippen LogP contribution in [0.25, 0.3) is 0 Å². The van der Waals surface area contributed by atoms with E-state index in [0.29, 0.717) is 18.5 Å². The SMILES string of the molecule is O=C(c1ccccc1)N1C(=O)C2Cc3ccccc3CN2C1=O. The number of nitrogens with zero attached hydrogens (tertiary/aromatic N) is 2. The molecule has 4 amide bonds. The zero-order valence-electron chi connectivity index (χ0n) is 12.3. The summed E-state index contributed by atoms with van der Waals surface area (Å²) in [7, 11) is 0. The molecule has 0 radical (unpaired) electrons. The van der Waals surface area contributed by atoms with Crippen LogP contribution in [-0.4, -0.2) is 33.7 Å². The molecule has 0 saturated carbocycles. The zero-order chi connectivity index (χ0) is 16.0. The molecule has 0 N–H and O–H groups in total. The topological polar surface area (TPSA) is 57.7 Å². The molecule has 5 nitrogen and oxygen atoms in total. The Labute approximate surface area is 133 Å². The van der Waals surface area contributed by atoms with Gasteiger partial charge in [0.2, 0.25) is 0 Å². The molecule has 0 aromatic heterocycles. The van der Waals surface area contributed by atoms with Crippen molar-refractivity contribution in [2.24, 2.45) is 0 Å². The number of benzene rings is 2. The number of carbonyl (C=O) groups is 3. The van der Waals surface area contributed by atoms with Crippen molar-refractivity contribution in [3.8, 4) is 0 Å². The van der Waals surface area contributed by atoms with E-state index in [0.717, 1.165) is 16.0 Å². The first kappa shape index (κ1) is 13.7. The van der Waals surface area contributed by atoms with Crippen molar-refractivity contribution in [1.82, 2.24) is 9.80 Å². The number of rotatable bonds is 1. The molecule has 1 unspecified atom stereocenters. The first-order valence-electron chi connectivity index (χ1n) is 7.47. The molecule has 2 aliphatic rings. The van der Waals surface area contributed by atoms with Gasteiger partial charge in [0.1, 0.15) is 6.04 Å². The average molecular weight is 306 g/mol. The summed E-state index contributed by atoms with van der Waals surface area (Å²) in [6, 6.07) is 15.1. The van der Waals surface area contributed by atoms with Crippen LogP contribution in [0, 0.1) is 0 Å². The van der Waals surface area contributed by atoms with Gasteiger partial charge in [0, 0.05) is 18.5 Å². The third-order valence-electron chi connectivity index (χ3n) is 4.41. The second kappa shape index (κ2) is 5.05. The molecule has 2 aromatic rings. The van der Waals surface area contributed by atoms with Crippen molar-refractivity contribution in [2.45, 2.75) is 19.0 Å². The number of urea groups is 1. The van der Waals surface area contributed by atoms with Crippen LogP contribution < -0.4 is 0 Å². The lowest BCUT2D eigenvalue weighted by Crippen LogP contribution is -2.40. The molecule has 0 spiro atoms. The Balaban J connectivity index is 1.68. The molecule has 5 heteroatoms. The van der Waals surface area contributed by atoms with E-state index in [1.165, 1.54) is 4.90 Å². The maximum absolute atomic E-state index is 12.6. The summed E-state index contributed by atoms with van der Waals surface area (Å²) in [6.07, 6.45) is 0.458. The highest BCUT2D eigenvalue weighted by atomic mass is 16.2. The molecule has 1 atom stereocenters. The molecule has 2 aromatic carbocycles. The summed E-state index contributed by atoms with van der Waals surface area (Å²) in [4.78, 5) is 40.0. The predicted octanol–water partition coefficient (Wildman–Crippen LogP) is 2.22. The normalized spacial score (nSPS) is 19.6. The molecule has 0 bridgehead atoms. The summed E-state index contributed by atoms with van der Waals surface area (Å²) in [6.45, 7) is 0.365. The molecule has 4 rings (SSSR count). The predicted molar refractivity (Wildman–Crippen MR) is 82.5 cm³/mol. The van der Waals surface area contributed by atoms with Gasteiger partial charge in [-0.1, -0.05) is 42.5 Å². The summed E-state index contributed by atoms with van der Waals surface area (Å²) < 4.78 is 0. The Morgan fingerprint density at radius 3 is 2.30 bits per heavy atom. The first-order valence-corrected chi connectivity index (χ1v) is 7.47. The van der Waals surface area contributed by atoms with Crippen molar-refractivity contribution in [3.05, 3.63) is 71.3 Å². The fraction of sp³-hybridized carbons (Fsp3) is 0.167. The lowest BCUT2D eigenvalue weighted by Gasteiger charge is -2.28. The van der Waals surface area contributed by atoms with Crippen LogP contribution in [0.5, 0.6) is 0 Å². The molecule has 2 aliphatic heterocycles. The highest BCUT2D eigenvalue weighted by Crippen LogP contribution is 2.30. The molecular formula is C18H14N2O3. The van der Waals surface area contributed by atoms with Crippen molar-refractivity contribution in [1.29, 1.82) is 0 Å².